The van der Waals surface area contributed by atoms with Crippen LogP contribution in [0.1, 0.15) is 128 Å². The number of aryl methyl sites for hydroxylation is 9. The Morgan fingerprint density at radius 1 is 0.330 bits per heavy atom. The number of hydrogen-bond acceptors (Lipinski definition) is 4. The summed E-state index contributed by atoms with van der Waals surface area (Å²) < 4.78 is 106. The van der Waals surface area contributed by atoms with E-state index in [1.165, 1.54) is 66.5 Å². The van der Waals surface area contributed by atoms with E-state index in [4.69, 9.17) is 30.0 Å². The summed E-state index contributed by atoms with van der Waals surface area (Å²) >= 11 is 0. The molecule has 8 heterocycles. The molecule has 8 heteroatoms. The molecule has 0 aliphatic heterocycles. The van der Waals surface area contributed by atoms with Gasteiger partial charge in [-0.2, -0.15) is 0 Å². The van der Waals surface area contributed by atoms with Gasteiger partial charge in [-0.25, -0.2) is 18.3 Å². The van der Waals surface area contributed by atoms with Crippen LogP contribution in [0.3, 0.4) is 0 Å². The fraction of sp³-hybridized carbons (Fsp3) is 0.192. The first-order chi connectivity index (χ1) is 57.8. The fourth-order valence-corrected chi connectivity index (χ4v) is 17.4. The van der Waals surface area contributed by atoms with Crippen LogP contribution in [0.4, 0.5) is 0 Å². The average molecular weight is 1470 g/mol. The standard InChI is InChI=1S/C28H26NO.2C26H24NO.C24H20NO/c1-18-11-14-23-27-22-10-6-5-9-20(22)13-16-25(27)30-28(23)26(18)24-15-12-21(17-29(24)2)19-7-3-4-8-19;2*1-16(2)19-10-13-22(27(4)15-19)24-17(3)9-12-21-25-20-8-6-5-7-18(20)11-14-23(25)28-26(21)24;1-15-8-12-20(25(3)14-15)22-16(2)9-11-19-23-18-7-5-4-6-17(18)10-13-21(23)26-24(19)22/h5-6,9-17,19H,3-4,7-8H2,1-2H3;2*5-16H,1-4H3;4-14H,1-3H3/q4*+1/i19D;1D3,16D;16D;1D3. The van der Waals surface area contributed by atoms with Crippen molar-refractivity contribution < 1.29 is 48.3 Å². The van der Waals surface area contributed by atoms with Crippen molar-refractivity contribution in [3.8, 4) is 45.0 Å². The second kappa shape index (κ2) is 28.7. The van der Waals surface area contributed by atoms with E-state index in [2.05, 4.69) is 231 Å². The zero-order valence-electron chi connectivity index (χ0n) is 74.2. The lowest BCUT2D eigenvalue weighted by Gasteiger charge is -2.10. The monoisotopic (exact) mass is 1470 g/mol. The highest BCUT2D eigenvalue weighted by Crippen LogP contribution is 2.46. The molecule has 21 rings (SSSR count). The van der Waals surface area contributed by atoms with Gasteiger partial charge in [0.15, 0.2) is 24.8 Å². The van der Waals surface area contributed by atoms with E-state index >= 15 is 0 Å². The molecule has 550 valence electrons. The van der Waals surface area contributed by atoms with Crippen LogP contribution in [0.2, 0.25) is 0 Å². The number of furan rings is 4. The van der Waals surface area contributed by atoms with Crippen LogP contribution in [0.5, 0.6) is 0 Å². The zero-order chi connectivity index (χ0) is 84.7. The highest BCUT2D eigenvalue weighted by Gasteiger charge is 2.29. The predicted octanol–water partition coefficient (Wildman–Crippen LogP) is 26.4. The summed E-state index contributed by atoms with van der Waals surface area (Å²) in [6.07, 6.45) is 11.8. The number of nitrogens with zero attached hydrogens (tertiary/aromatic N) is 4. The van der Waals surface area contributed by atoms with Gasteiger partial charge in [0.1, 0.15) is 72.9 Å². The molecule has 1 aliphatic carbocycles. The van der Waals surface area contributed by atoms with Crippen LogP contribution in [-0.2, 0) is 28.2 Å². The molecule has 0 bridgehead atoms. The van der Waals surface area contributed by atoms with Gasteiger partial charge in [-0.05, 0) is 179 Å². The molecule has 1 aliphatic rings. The number of pyridine rings is 4. The Balaban J connectivity index is 0.000000111. The Kier molecular flexibility index (Phi) is 15.7. The maximum Gasteiger partial charge on any atom is 0.216 e. The maximum atomic E-state index is 8.88. The summed E-state index contributed by atoms with van der Waals surface area (Å²) in [4.78, 5) is 0. The van der Waals surface area contributed by atoms with E-state index in [0.29, 0.717) is 11.1 Å². The smallest absolute Gasteiger partial charge is 0.216 e. The van der Waals surface area contributed by atoms with Gasteiger partial charge in [0.05, 0.1) is 22.3 Å². The molecule has 0 saturated heterocycles. The van der Waals surface area contributed by atoms with Crippen molar-refractivity contribution in [1.82, 2.24) is 0 Å². The largest absolute Gasteiger partial charge is 0.455 e. The molecule has 20 aromatic rings. The lowest BCUT2D eigenvalue weighted by atomic mass is 9.96. The van der Waals surface area contributed by atoms with Crippen molar-refractivity contribution in [3.63, 3.8) is 0 Å². The second-order valence-corrected chi connectivity index (χ2v) is 30.7. The molecule has 8 aromatic heterocycles. The van der Waals surface area contributed by atoms with E-state index < -0.39 is 31.4 Å². The van der Waals surface area contributed by atoms with Crippen molar-refractivity contribution in [2.24, 2.45) is 28.2 Å². The van der Waals surface area contributed by atoms with Gasteiger partial charge in [-0.3, -0.25) is 0 Å². The van der Waals surface area contributed by atoms with E-state index in [1.807, 2.05) is 99.6 Å². The minimum Gasteiger partial charge on any atom is -0.455 e. The molecular formula is C104H94N4O4+4. The normalized spacial score (nSPS) is 15.0. The van der Waals surface area contributed by atoms with Gasteiger partial charge < -0.3 is 17.7 Å². The molecule has 1 fully saturated rings. The summed E-state index contributed by atoms with van der Waals surface area (Å²) in [7, 11) is 7.89. The summed E-state index contributed by atoms with van der Waals surface area (Å²) in [5.41, 5.74) is 22.7. The average Bonchev–Trinajstić information content (AvgIpc) is 1.60. The SMILES string of the molecule is [2H]C(C)(C)c1ccc(-c2c(C)ccc3c2oc2ccc4ccccc4c23)[n+](C)c1.[2H]C([2H])([2H])C([2H])(C)c1ccc(-c2c(C)ccc3c2oc2ccc4ccccc4c23)[n+](C)c1.[2H]C([2H])([2H])c1ccc(-c2c(C)ccc3c2oc2ccc4ccccc4c23)[n+](C)c1.[2H]C1(c2ccc(-c3c(C)ccc4c3oc3ccc5ccccc5c34)[n+](C)c2)CCCC1. The number of fused-ring (bicyclic) bond motifs is 20. The molecule has 0 radical (unpaired) electrons. The Morgan fingerprint density at radius 2 is 0.643 bits per heavy atom. The fourth-order valence-electron chi connectivity index (χ4n) is 17.4. The topological polar surface area (TPSA) is 68.1 Å². The highest BCUT2D eigenvalue weighted by molar-refractivity contribution is 6.24. The van der Waals surface area contributed by atoms with Crippen molar-refractivity contribution in [2.45, 2.75) is 106 Å². The Labute approximate surface area is 666 Å². The number of benzene rings is 12. The second-order valence-electron chi connectivity index (χ2n) is 30.7. The molecular weight excluding hydrogens is 1370 g/mol. The third-order valence-corrected chi connectivity index (χ3v) is 23.1. The Hall–Kier alpha value is -12.5. The summed E-state index contributed by atoms with van der Waals surface area (Å²) in [5.74, 6) is -2.76. The van der Waals surface area contributed by atoms with Crippen LogP contribution >= 0.6 is 0 Å². The molecule has 1 saturated carbocycles. The highest BCUT2D eigenvalue weighted by atomic mass is 16.3. The molecule has 112 heavy (non-hydrogen) atoms. The zero-order valence-corrected chi connectivity index (χ0v) is 65.2. The lowest BCUT2D eigenvalue weighted by Crippen LogP contribution is -2.31. The van der Waals surface area contributed by atoms with Crippen molar-refractivity contribution in [1.29, 1.82) is 0 Å². The van der Waals surface area contributed by atoms with Gasteiger partial charge >= 0.3 is 0 Å². The van der Waals surface area contributed by atoms with Gasteiger partial charge in [-0.15, -0.1) is 0 Å². The van der Waals surface area contributed by atoms with E-state index in [1.54, 1.807) is 24.5 Å². The molecule has 0 amide bonds. The minimum absolute atomic E-state index is 0.323. The molecule has 0 spiro atoms. The third kappa shape index (κ3) is 12.4. The van der Waals surface area contributed by atoms with Crippen LogP contribution in [-0.4, -0.2) is 0 Å². The lowest BCUT2D eigenvalue weighted by molar-refractivity contribution is -0.661. The van der Waals surface area contributed by atoms with Crippen molar-refractivity contribution in [2.75, 3.05) is 0 Å². The van der Waals surface area contributed by atoms with Crippen LogP contribution in [0.15, 0.2) is 285 Å². The minimum atomic E-state index is -2.42. The molecule has 12 aromatic carbocycles. The first-order valence-corrected chi connectivity index (χ1v) is 38.7. The van der Waals surface area contributed by atoms with E-state index in [0.717, 1.165) is 175 Å². The predicted molar refractivity (Wildman–Crippen MR) is 464 cm³/mol. The number of aromatic nitrogens is 4. The summed E-state index contributed by atoms with van der Waals surface area (Å²) in [5, 5.41) is 18.5. The summed E-state index contributed by atoms with van der Waals surface area (Å²) in [6.45, 7) is 9.09. The molecule has 1 unspecified atom stereocenters. The number of rotatable bonds is 7. The Morgan fingerprint density at radius 3 is 0.955 bits per heavy atom. The first-order valence-electron chi connectivity index (χ1n) is 43.2. The van der Waals surface area contributed by atoms with Crippen molar-refractivity contribution in [3.05, 3.63) is 312 Å². The van der Waals surface area contributed by atoms with Gasteiger partial charge in [-0.1, -0.05) is 210 Å². The third-order valence-electron chi connectivity index (χ3n) is 23.1. The number of hydrogen-bond donors (Lipinski definition) is 0. The first kappa shape index (κ1) is 61.3. The van der Waals surface area contributed by atoms with Gasteiger partial charge in [0, 0.05) is 102 Å². The van der Waals surface area contributed by atoms with Gasteiger partial charge in [0.2, 0.25) is 22.8 Å². The van der Waals surface area contributed by atoms with Gasteiger partial charge in [0.25, 0.3) is 0 Å². The maximum absolute atomic E-state index is 8.88. The molecule has 8 nitrogen and oxygen atoms in total. The summed E-state index contributed by atoms with van der Waals surface area (Å²) in [6, 6.07) is 83.0. The molecule has 1 atom stereocenters. The Bertz CT molecular complexity index is 7380. The van der Waals surface area contributed by atoms with Crippen LogP contribution in [0.25, 0.3) is 176 Å². The quantitative estimate of drug-likeness (QED) is 0.149. The van der Waals surface area contributed by atoms with Crippen LogP contribution in [0, 0.1) is 34.5 Å². The van der Waals surface area contributed by atoms with Crippen LogP contribution < -0.4 is 18.3 Å². The molecule has 0 N–H and O–H groups in total. The van der Waals surface area contributed by atoms with Crippen molar-refractivity contribution >= 4 is 131 Å². The van der Waals surface area contributed by atoms with E-state index in [-0.39, 0.29) is 0 Å². The van der Waals surface area contributed by atoms with E-state index in [9.17, 15) is 0 Å².